The van der Waals surface area contributed by atoms with E-state index < -0.39 is 0 Å². The van der Waals surface area contributed by atoms with Gasteiger partial charge in [-0.2, -0.15) is 0 Å². The van der Waals surface area contributed by atoms with Crippen molar-refractivity contribution in [2.24, 2.45) is 0 Å². The zero-order valence-electron chi connectivity index (χ0n) is 15.2. The molecule has 0 aliphatic heterocycles. The fraction of sp³-hybridized carbons (Fsp3) is 0.263. The second-order valence-electron chi connectivity index (χ2n) is 5.58. The molecule has 0 spiro atoms. The predicted octanol–water partition coefficient (Wildman–Crippen LogP) is 3.09. The van der Waals surface area contributed by atoms with E-state index in [4.69, 9.17) is 21.7 Å². The van der Waals surface area contributed by atoms with E-state index in [0.29, 0.717) is 18.3 Å². The fourth-order valence-electron chi connectivity index (χ4n) is 2.27. The number of ether oxygens (including phenoxy) is 2. The minimum Gasteiger partial charge on any atom is -0.496 e. The van der Waals surface area contributed by atoms with Gasteiger partial charge in [-0.3, -0.25) is 15.6 Å². The number of methoxy groups -OCH3 is 1. The van der Waals surface area contributed by atoms with Crippen molar-refractivity contribution in [2.75, 3.05) is 13.7 Å². The highest BCUT2D eigenvalue weighted by molar-refractivity contribution is 9.10. The van der Waals surface area contributed by atoms with Gasteiger partial charge in [-0.05, 0) is 70.5 Å². The van der Waals surface area contributed by atoms with Crippen LogP contribution in [-0.4, -0.2) is 24.7 Å². The lowest BCUT2D eigenvalue weighted by atomic mass is 10.1. The average molecular weight is 452 g/mol. The topological polar surface area (TPSA) is 71.6 Å². The largest absolute Gasteiger partial charge is 0.496 e. The quantitative estimate of drug-likeness (QED) is 0.443. The molecular formula is C19H22BrN3O3S. The Hall–Kier alpha value is -2.32. The molecule has 6 nitrogen and oxygen atoms in total. The number of halogens is 1. The van der Waals surface area contributed by atoms with Gasteiger partial charge in [0.2, 0.25) is 5.91 Å². The molecule has 0 atom stereocenters. The van der Waals surface area contributed by atoms with E-state index in [0.717, 1.165) is 27.1 Å². The van der Waals surface area contributed by atoms with Crippen molar-refractivity contribution in [1.29, 1.82) is 0 Å². The van der Waals surface area contributed by atoms with Gasteiger partial charge in [-0.25, -0.2) is 0 Å². The molecule has 0 radical (unpaired) electrons. The first-order valence-corrected chi connectivity index (χ1v) is 9.58. The van der Waals surface area contributed by atoms with Crippen molar-refractivity contribution >= 4 is 39.2 Å². The van der Waals surface area contributed by atoms with E-state index in [1.54, 1.807) is 7.11 Å². The van der Waals surface area contributed by atoms with Crippen molar-refractivity contribution in [3.05, 3.63) is 58.1 Å². The van der Waals surface area contributed by atoms with Crippen LogP contribution in [0.4, 0.5) is 0 Å². The monoisotopic (exact) mass is 451 g/mol. The first kappa shape index (κ1) is 21.0. The molecule has 2 aromatic rings. The van der Waals surface area contributed by atoms with E-state index >= 15 is 0 Å². The van der Waals surface area contributed by atoms with Gasteiger partial charge in [-0.15, -0.1) is 0 Å². The van der Waals surface area contributed by atoms with Crippen LogP contribution in [0.5, 0.6) is 11.5 Å². The van der Waals surface area contributed by atoms with Crippen molar-refractivity contribution in [3.8, 4) is 11.5 Å². The van der Waals surface area contributed by atoms with E-state index in [1.165, 1.54) is 0 Å². The number of hydrogen-bond acceptors (Lipinski definition) is 4. The normalized spacial score (nSPS) is 10.0. The second kappa shape index (κ2) is 10.7. The summed E-state index contributed by atoms with van der Waals surface area (Å²) in [7, 11) is 1.59. The van der Waals surface area contributed by atoms with Gasteiger partial charge >= 0.3 is 0 Å². The zero-order chi connectivity index (χ0) is 19.6. The highest BCUT2D eigenvalue weighted by atomic mass is 79.9. The molecule has 0 fully saturated rings. The second-order valence-corrected chi connectivity index (χ2v) is 6.84. The molecule has 0 saturated heterocycles. The zero-order valence-corrected chi connectivity index (χ0v) is 17.6. The van der Waals surface area contributed by atoms with Gasteiger partial charge in [0, 0.05) is 6.54 Å². The van der Waals surface area contributed by atoms with E-state index in [2.05, 4.69) is 32.1 Å². The van der Waals surface area contributed by atoms with Crippen LogP contribution in [0.2, 0.25) is 0 Å². The number of carbonyl (C=O) groups is 1. The van der Waals surface area contributed by atoms with E-state index in [1.807, 2.05) is 49.4 Å². The molecule has 144 valence electrons. The number of rotatable bonds is 7. The maximum Gasteiger partial charge on any atom is 0.242 e. The summed E-state index contributed by atoms with van der Waals surface area (Å²) in [5, 5.41) is 3.38. The lowest BCUT2D eigenvalue weighted by Gasteiger charge is -2.12. The van der Waals surface area contributed by atoms with Gasteiger partial charge in [0.25, 0.3) is 0 Å². The molecule has 8 heteroatoms. The molecule has 2 aromatic carbocycles. The van der Waals surface area contributed by atoms with Crippen LogP contribution >= 0.6 is 28.1 Å². The van der Waals surface area contributed by atoms with Crippen LogP contribution in [-0.2, 0) is 17.8 Å². The molecule has 0 saturated carbocycles. The number of hydrogen-bond donors (Lipinski definition) is 3. The Balaban J connectivity index is 1.73. The molecule has 2 rings (SSSR count). The first-order chi connectivity index (χ1) is 13.0. The Kier molecular flexibility index (Phi) is 8.35. The third kappa shape index (κ3) is 7.07. The third-order valence-electron chi connectivity index (χ3n) is 3.58. The highest BCUT2D eigenvalue weighted by Gasteiger charge is 2.07. The average Bonchev–Trinajstić information content (AvgIpc) is 2.66. The van der Waals surface area contributed by atoms with E-state index in [9.17, 15) is 4.79 Å². The van der Waals surface area contributed by atoms with Crippen LogP contribution in [0.1, 0.15) is 18.1 Å². The molecule has 0 bridgehead atoms. The van der Waals surface area contributed by atoms with Crippen LogP contribution < -0.4 is 25.6 Å². The molecule has 27 heavy (non-hydrogen) atoms. The summed E-state index contributed by atoms with van der Waals surface area (Å²) in [5.41, 5.74) is 7.19. The van der Waals surface area contributed by atoms with Crippen LogP contribution in [0, 0.1) is 0 Å². The summed E-state index contributed by atoms with van der Waals surface area (Å²) in [6.45, 7) is 3.12. The van der Waals surface area contributed by atoms with E-state index in [-0.39, 0.29) is 12.3 Å². The van der Waals surface area contributed by atoms with Crippen molar-refractivity contribution in [2.45, 2.75) is 19.9 Å². The summed E-state index contributed by atoms with van der Waals surface area (Å²) < 4.78 is 11.4. The third-order valence-corrected chi connectivity index (χ3v) is 4.45. The predicted molar refractivity (Wildman–Crippen MR) is 113 cm³/mol. The number of benzene rings is 2. The first-order valence-electron chi connectivity index (χ1n) is 8.38. The number of amides is 1. The lowest BCUT2D eigenvalue weighted by Crippen LogP contribution is -2.47. The summed E-state index contributed by atoms with van der Waals surface area (Å²) in [5.74, 6) is 1.36. The Morgan fingerprint density at radius 2 is 1.81 bits per heavy atom. The number of thiocarbonyl (C=S) groups is 1. The van der Waals surface area contributed by atoms with Gasteiger partial charge in [-0.1, -0.05) is 18.2 Å². The van der Waals surface area contributed by atoms with Crippen LogP contribution in [0.15, 0.2) is 46.9 Å². The Morgan fingerprint density at radius 1 is 1.11 bits per heavy atom. The number of nitrogens with one attached hydrogen (secondary N) is 3. The fourth-order valence-corrected chi connectivity index (χ4v) is 2.98. The number of hydrazine groups is 1. The molecular weight excluding hydrogens is 430 g/mol. The van der Waals surface area contributed by atoms with Gasteiger partial charge < -0.3 is 14.8 Å². The summed E-state index contributed by atoms with van der Waals surface area (Å²) in [4.78, 5) is 12.0. The minimum atomic E-state index is -0.197. The van der Waals surface area contributed by atoms with Crippen molar-refractivity contribution in [1.82, 2.24) is 16.2 Å². The Bertz CT molecular complexity index is 784. The van der Waals surface area contributed by atoms with Crippen LogP contribution in [0.25, 0.3) is 0 Å². The molecule has 0 heterocycles. The molecule has 1 amide bonds. The SMILES string of the molecule is CCOc1ccc(CNC(=S)NNC(=O)Cc2ccc(OC)c(Br)c2)cc1. The summed E-state index contributed by atoms with van der Waals surface area (Å²) in [6, 6.07) is 13.2. The summed E-state index contributed by atoms with van der Waals surface area (Å²) in [6.07, 6.45) is 0.219. The Morgan fingerprint density at radius 3 is 2.44 bits per heavy atom. The van der Waals surface area contributed by atoms with Crippen molar-refractivity contribution < 1.29 is 14.3 Å². The van der Waals surface area contributed by atoms with Gasteiger partial charge in [0.15, 0.2) is 5.11 Å². The summed E-state index contributed by atoms with van der Waals surface area (Å²) >= 11 is 8.58. The van der Waals surface area contributed by atoms with Gasteiger partial charge in [0.05, 0.1) is 24.6 Å². The molecule has 3 N–H and O–H groups in total. The highest BCUT2D eigenvalue weighted by Crippen LogP contribution is 2.25. The molecule has 0 aromatic heterocycles. The number of carbonyl (C=O) groups excluding carboxylic acids is 1. The van der Waals surface area contributed by atoms with Crippen LogP contribution in [0.3, 0.4) is 0 Å². The minimum absolute atomic E-state index is 0.197. The maximum atomic E-state index is 12.0. The Labute approximate surface area is 172 Å². The van der Waals surface area contributed by atoms with Gasteiger partial charge in [0.1, 0.15) is 11.5 Å². The smallest absolute Gasteiger partial charge is 0.242 e. The van der Waals surface area contributed by atoms with Crippen molar-refractivity contribution in [3.63, 3.8) is 0 Å². The molecule has 0 aliphatic carbocycles. The molecule has 0 aliphatic rings. The standard InChI is InChI=1S/C19H22BrN3O3S/c1-3-26-15-7-4-13(5-8-15)12-21-19(27)23-22-18(24)11-14-6-9-17(25-2)16(20)10-14/h4-10H,3,11-12H2,1-2H3,(H,22,24)(H2,21,23,27). The lowest BCUT2D eigenvalue weighted by molar-refractivity contribution is -0.121. The molecule has 0 unspecified atom stereocenters. The maximum absolute atomic E-state index is 12.0.